The van der Waals surface area contributed by atoms with E-state index in [1.807, 2.05) is 11.9 Å². The lowest BCUT2D eigenvalue weighted by atomic mass is 9.91. The van der Waals surface area contributed by atoms with E-state index in [0.29, 0.717) is 5.69 Å². The Morgan fingerprint density at radius 3 is 2.35 bits per heavy atom. The van der Waals surface area contributed by atoms with Crippen molar-refractivity contribution in [2.24, 2.45) is 10.9 Å². The van der Waals surface area contributed by atoms with E-state index in [4.69, 9.17) is 10.9 Å². The fourth-order valence-corrected chi connectivity index (χ4v) is 3.16. The average Bonchev–Trinajstić information content (AvgIpc) is 2.37. The van der Waals surface area contributed by atoms with E-state index in [9.17, 15) is 12.8 Å². The first-order chi connectivity index (χ1) is 9.29. The van der Waals surface area contributed by atoms with Crippen LogP contribution >= 0.6 is 0 Å². The van der Waals surface area contributed by atoms with Crippen LogP contribution < -0.4 is 15.8 Å². The highest BCUT2D eigenvalue weighted by atomic mass is 32.2. The van der Waals surface area contributed by atoms with Crippen molar-refractivity contribution in [3.63, 3.8) is 0 Å². The highest BCUT2D eigenvalue weighted by Gasteiger charge is 2.24. The summed E-state index contributed by atoms with van der Waals surface area (Å²) in [6.07, 6.45) is 3.67. The molecule has 1 aromatic rings. The van der Waals surface area contributed by atoms with Crippen LogP contribution in [-0.4, -0.2) is 27.5 Å². The second-order valence-electron chi connectivity index (χ2n) is 5.34. The number of benzene rings is 1. The summed E-state index contributed by atoms with van der Waals surface area (Å²) in [4.78, 5) is 1.64. The van der Waals surface area contributed by atoms with Crippen molar-refractivity contribution in [3.05, 3.63) is 24.0 Å². The van der Waals surface area contributed by atoms with Gasteiger partial charge in [0.1, 0.15) is 5.82 Å². The van der Waals surface area contributed by atoms with Crippen molar-refractivity contribution in [2.75, 3.05) is 11.9 Å². The number of hydrogen-bond acceptors (Lipinski definition) is 4. The van der Waals surface area contributed by atoms with Gasteiger partial charge in [-0.3, -0.25) is 0 Å². The van der Waals surface area contributed by atoms with E-state index in [-0.39, 0.29) is 17.0 Å². The molecular formula is C13H20FN3O2S. The Bertz CT molecular complexity index is 583. The highest BCUT2D eigenvalue weighted by Crippen LogP contribution is 2.28. The lowest BCUT2D eigenvalue weighted by molar-refractivity contribution is 0.383. The zero-order chi connectivity index (χ0) is 14.9. The van der Waals surface area contributed by atoms with E-state index in [2.05, 4.69) is 0 Å². The molecule has 1 fully saturated rings. The van der Waals surface area contributed by atoms with Crippen molar-refractivity contribution in [2.45, 2.75) is 42.7 Å². The Kier molecular flexibility index (Phi) is 4.31. The standard InChI is InChI=1S/C13H20FN3O2S/c1-17(10-4-2-9(15)3-5-10)13-7-6-11(8-12(13)14)20(16,18)19/h6-10H,2-5,15H2,1H3,(H2,16,18,19). The maximum Gasteiger partial charge on any atom is 0.238 e. The third-order valence-corrected chi connectivity index (χ3v) is 4.83. The van der Waals surface area contributed by atoms with Crippen molar-refractivity contribution < 1.29 is 12.8 Å². The Morgan fingerprint density at radius 1 is 1.25 bits per heavy atom. The number of hydrogen-bond donors (Lipinski definition) is 2. The summed E-state index contributed by atoms with van der Waals surface area (Å²) in [5.41, 5.74) is 6.25. The van der Waals surface area contributed by atoms with Crippen LogP contribution in [0.2, 0.25) is 0 Å². The largest absolute Gasteiger partial charge is 0.369 e. The third-order valence-electron chi connectivity index (χ3n) is 3.92. The Hall–Kier alpha value is -1.18. The molecule has 7 heteroatoms. The van der Waals surface area contributed by atoms with Gasteiger partial charge in [-0.15, -0.1) is 0 Å². The predicted molar refractivity (Wildman–Crippen MR) is 76.4 cm³/mol. The van der Waals surface area contributed by atoms with Crippen LogP contribution in [0, 0.1) is 5.82 Å². The van der Waals surface area contributed by atoms with E-state index in [1.165, 1.54) is 12.1 Å². The zero-order valence-electron chi connectivity index (χ0n) is 11.4. The minimum absolute atomic E-state index is 0.210. The molecule has 0 aromatic heterocycles. The first-order valence-electron chi connectivity index (χ1n) is 6.60. The maximum absolute atomic E-state index is 14.1. The second kappa shape index (κ2) is 5.67. The Morgan fingerprint density at radius 2 is 1.85 bits per heavy atom. The highest BCUT2D eigenvalue weighted by molar-refractivity contribution is 7.89. The fraction of sp³-hybridized carbons (Fsp3) is 0.538. The number of rotatable bonds is 3. The van der Waals surface area contributed by atoms with Crippen LogP contribution in [0.25, 0.3) is 0 Å². The molecule has 1 aliphatic rings. The minimum atomic E-state index is -3.87. The molecule has 112 valence electrons. The number of anilines is 1. The third kappa shape index (κ3) is 3.28. The van der Waals surface area contributed by atoms with Gasteiger partial charge in [-0.1, -0.05) is 0 Å². The molecule has 1 saturated carbocycles. The van der Waals surface area contributed by atoms with Crippen LogP contribution in [-0.2, 0) is 10.0 Å². The molecule has 2 rings (SSSR count). The van der Waals surface area contributed by atoms with E-state index >= 15 is 0 Å². The quantitative estimate of drug-likeness (QED) is 0.877. The summed E-state index contributed by atoms with van der Waals surface area (Å²) in [7, 11) is -2.06. The Labute approximate surface area is 118 Å². The molecule has 0 spiro atoms. The van der Waals surface area contributed by atoms with E-state index in [0.717, 1.165) is 31.7 Å². The minimum Gasteiger partial charge on any atom is -0.369 e. The molecule has 1 aromatic carbocycles. The van der Waals surface area contributed by atoms with E-state index < -0.39 is 15.8 Å². The first kappa shape index (κ1) is 15.2. The molecule has 5 nitrogen and oxygen atoms in total. The molecule has 4 N–H and O–H groups in total. The average molecular weight is 301 g/mol. The second-order valence-corrected chi connectivity index (χ2v) is 6.90. The Balaban J connectivity index is 2.20. The van der Waals surface area contributed by atoms with Crippen LogP contribution in [0.15, 0.2) is 23.1 Å². The first-order valence-corrected chi connectivity index (χ1v) is 8.14. The fourth-order valence-electron chi connectivity index (χ4n) is 2.64. The summed E-state index contributed by atoms with van der Waals surface area (Å²) in [6, 6.07) is 4.22. The van der Waals surface area contributed by atoms with Gasteiger partial charge in [0.15, 0.2) is 0 Å². The molecule has 0 amide bonds. The molecule has 0 bridgehead atoms. The molecule has 20 heavy (non-hydrogen) atoms. The molecule has 0 unspecified atom stereocenters. The normalized spacial score (nSPS) is 23.6. The van der Waals surface area contributed by atoms with Gasteiger partial charge in [0.05, 0.1) is 10.6 Å². The lowest BCUT2D eigenvalue weighted by Gasteiger charge is -2.35. The van der Waals surface area contributed by atoms with Crippen LogP contribution in [0.4, 0.5) is 10.1 Å². The van der Waals surface area contributed by atoms with Gasteiger partial charge >= 0.3 is 0 Å². The van der Waals surface area contributed by atoms with Gasteiger partial charge in [0.25, 0.3) is 0 Å². The summed E-state index contributed by atoms with van der Waals surface area (Å²) >= 11 is 0. The van der Waals surface area contributed by atoms with Gasteiger partial charge in [-0.25, -0.2) is 17.9 Å². The topological polar surface area (TPSA) is 89.4 Å². The predicted octanol–water partition coefficient (Wildman–Crippen LogP) is 1.18. The van der Waals surface area contributed by atoms with Crippen LogP contribution in [0.1, 0.15) is 25.7 Å². The van der Waals surface area contributed by atoms with Crippen molar-refractivity contribution in [1.82, 2.24) is 0 Å². The molecular weight excluding hydrogens is 281 g/mol. The number of nitrogens with zero attached hydrogens (tertiary/aromatic N) is 1. The lowest BCUT2D eigenvalue weighted by Crippen LogP contribution is -2.39. The van der Waals surface area contributed by atoms with Crippen molar-refractivity contribution >= 4 is 15.7 Å². The maximum atomic E-state index is 14.1. The number of nitrogens with two attached hydrogens (primary N) is 2. The van der Waals surface area contributed by atoms with Crippen LogP contribution in [0.3, 0.4) is 0 Å². The molecule has 0 heterocycles. The SMILES string of the molecule is CN(c1ccc(S(N)(=O)=O)cc1F)C1CCC(N)CC1. The smallest absolute Gasteiger partial charge is 0.238 e. The molecule has 0 atom stereocenters. The summed E-state index contributed by atoms with van der Waals surface area (Å²) in [5.74, 6) is -0.575. The van der Waals surface area contributed by atoms with Crippen LogP contribution in [0.5, 0.6) is 0 Å². The number of primary sulfonamides is 1. The summed E-state index contributed by atoms with van der Waals surface area (Å²) in [5, 5.41) is 4.99. The monoisotopic (exact) mass is 301 g/mol. The van der Waals surface area contributed by atoms with Gasteiger partial charge in [0, 0.05) is 19.1 Å². The molecule has 0 saturated heterocycles. The molecule has 1 aliphatic carbocycles. The zero-order valence-corrected chi connectivity index (χ0v) is 12.2. The number of sulfonamides is 1. The van der Waals surface area contributed by atoms with Crippen molar-refractivity contribution in [1.29, 1.82) is 0 Å². The van der Waals surface area contributed by atoms with E-state index in [1.54, 1.807) is 0 Å². The molecule has 0 aliphatic heterocycles. The van der Waals surface area contributed by atoms with Gasteiger partial charge in [0.2, 0.25) is 10.0 Å². The molecule has 0 radical (unpaired) electrons. The van der Waals surface area contributed by atoms with Gasteiger partial charge in [-0.05, 0) is 43.9 Å². The van der Waals surface area contributed by atoms with Gasteiger partial charge in [-0.2, -0.15) is 0 Å². The summed E-state index contributed by atoms with van der Waals surface area (Å²) in [6.45, 7) is 0. The van der Waals surface area contributed by atoms with Gasteiger partial charge < -0.3 is 10.6 Å². The van der Waals surface area contributed by atoms with Crippen molar-refractivity contribution in [3.8, 4) is 0 Å². The number of halogens is 1. The summed E-state index contributed by atoms with van der Waals surface area (Å²) < 4.78 is 36.5.